The van der Waals surface area contributed by atoms with Crippen molar-refractivity contribution in [1.82, 2.24) is 14.5 Å². The fourth-order valence-electron chi connectivity index (χ4n) is 3.68. The lowest BCUT2D eigenvalue weighted by Gasteiger charge is -2.20. The fourth-order valence-corrected chi connectivity index (χ4v) is 4.68. The highest BCUT2D eigenvalue weighted by Crippen LogP contribution is 2.32. The van der Waals surface area contributed by atoms with Crippen LogP contribution in [0.25, 0.3) is 11.2 Å². The van der Waals surface area contributed by atoms with E-state index in [1.54, 1.807) is 18.0 Å². The van der Waals surface area contributed by atoms with Gasteiger partial charge in [0.1, 0.15) is 17.3 Å². The van der Waals surface area contributed by atoms with Crippen LogP contribution in [0.1, 0.15) is 37.4 Å². The SMILES string of the molecule is CCOc1ccccc1NC(=O)C(CC)n1c(SCc2ccc(C)cc2)nc2cccnc21. The fraction of sp³-hybridized carbons (Fsp3) is 0.269. The Balaban J connectivity index is 1.65. The molecule has 7 heteroatoms. The number of imidazole rings is 1. The molecule has 4 rings (SSSR count). The molecule has 1 unspecified atom stereocenters. The Hall–Kier alpha value is -3.32. The molecule has 33 heavy (non-hydrogen) atoms. The Labute approximate surface area is 198 Å². The van der Waals surface area contributed by atoms with Crippen LogP contribution in [0.2, 0.25) is 0 Å². The van der Waals surface area contributed by atoms with Gasteiger partial charge in [-0.15, -0.1) is 0 Å². The number of pyridine rings is 1. The maximum Gasteiger partial charge on any atom is 0.247 e. The lowest BCUT2D eigenvalue weighted by molar-refractivity contribution is -0.119. The van der Waals surface area contributed by atoms with Gasteiger partial charge in [0, 0.05) is 11.9 Å². The first-order valence-electron chi connectivity index (χ1n) is 11.1. The number of carbonyl (C=O) groups is 1. The summed E-state index contributed by atoms with van der Waals surface area (Å²) in [6.45, 7) is 6.53. The highest BCUT2D eigenvalue weighted by Gasteiger charge is 2.26. The van der Waals surface area contributed by atoms with E-state index in [0.717, 1.165) is 16.4 Å². The Morgan fingerprint density at radius 3 is 2.64 bits per heavy atom. The second-order valence-corrected chi connectivity index (χ2v) is 8.67. The summed E-state index contributed by atoms with van der Waals surface area (Å²) in [7, 11) is 0. The summed E-state index contributed by atoms with van der Waals surface area (Å²) >= 11 is 1.62. The van der Waals surface area contributed by atoms with Crippen LogP contribution in [-0.2, 0) is 10.5 Å². The van der Waals surface area contributed by atoms with E-state index < -0.39 is 6.04 Å². The summed E-state index contributed by atoms with van der Waals surface area (Å²) in [6, 6.07) is 19.3. The predicted octanol–water partition coefficient (Wildman–Crippen LogP) is 6.02. The Bertz CT molecular complexity index is 1240. The number of aromatic nitrogens is 3. The van der Waals surface area contributed by atoms with Crippen molar-refractivity contribution >= 4 is 34.5 Å². The van der Waals surface area contributed by atoms with E-state index in [2.05, 4.69) is 41.5 Å². The van der Waals surface area contributed by atoms with Crippen LogP contribution in [0.15, 0.2) is 72.0 Å². The van der Waals surface area contributed by atoms with Gasteiger partial charge in [0.05, 0.1) is 12.3 Å². The summed E-state index contributed by atoms with van der Waals surface area (Å²) in [5.74, 6) is 1.30. The van der Waals surface area contributed by atoms with Gasteiger partial charge in [-0.3, -0.25) is 9.36 Å². The Kier molecular flexibility index (Phi) is 7.29. The summed E-state index contributed by atoms with van der Waals surface area (Å²) in [6.07, 6.45) is 2.34. The van der Waals surface area contributed by atoms with E-state index in [0.29, 0.717) is 30.1 Å². The number of thioether (sulfide) groups is 1. The number of amides is 1. The number of fused-ring (bicyclic) bond motifs is 1. The number of nitrogens with zero attached hydrogens (tertiary/aromatic N) is 3. The van der Waals surface area contributed by atoms with E-state index in [9.17, 15) is 4.79 Å². The molecule has 170 valence electrons. The third-order valence-electron chi connectivity index (χ3n) is 5.35. The highest BCUT2D eigenvalue weighted by molar-refractivity contribution is 7.98. The van der Waals surface area contributed by atoms with Gasteiger partial charge in [-0.25, -0.2) is 9.97 Å². The van der Waals surface area contributed by atoms with E-state index in [1.165, 1.54) is 11.1 Å². The number of carbonyl (C=O) groups excluding carboxylic acids is 1. The van der Waals surface area contributed by atoms with Gasteiger partial charge in [0.15, 0.2) is 10.8 Å². The molecule has 0 aliphatic heterocycles. The third-order valence-corrected chi connectivity index (χ3v) is 6.37. The van der Waals surface area contributed by atoms with Crippen molar-refractivity contribution in [1.29, 1.82) is 0 Å². The van der Waals surface area contributed by atoms with Crippen molar-refractivity contribution < 1.29 is 9.53 Å². The predicted molar refractivity (Wildman–Crippen MR) is 134 cm³/mol. The van der Waals surface area contributed by atoms with Crippen LogP contribution in [-0.4, -0.2) is 27.0 Å². The maximum absolute atomic E-state index is 13.5. The highest BCUT2D eigenvalue weighted by atomic mass is 32.2. The van der Waals surface area contributed by atoms with Crippen LogP contribution in [0.3, 0.4) is 0 Å². The van der Waals surface area contributed by atoms with Crippen molar-refractivity contribution in [3.63, 3.8) is 0 Å². The number of para-hydroxylation sites is 2. The van der Waals surface area contributed by atoms with Crippen molar-refractivity contribution in [3.05, 3.63) is 78.0 Å². The average molecular weight is 461 g/mol. The molecule has 0 radical (unpaired) electrons. The molecular weight excluding hydrogens is 432 g/mol. The lowest BCUT2D eigenvalue weighted by Crippen LogP contribution is -2.26. The monoisotopic (exact) mass is 460 g/mol. The van der Waals surface area contributed by atoms with E-state index in [1.807, 2.05) is 54.8 Å². The van der Waals surface area contributed by atoms with E-state index in [-0.39, 0.29) is 5.91 Å². The van der Waals surface area contributed by atoms with E-state index >= 15 is 0 Å². The first-order chi connectivity index (χ1) is 16.1. The molecule has 1 amide bonds. The standard InChI is InChI=1S/C26H28N4O2S/c1-4-22(25(31)28-20-9-6-7-11-23(20)32-5-2)30-24-21(10-8-16-27-24)29-26(30)33-17-19-14-12-18(3)13-15-19/h6-16,22H,4-5,17H2,1-3H3,(H,28,31). The molecule has 6 nitrogen and oxygen atoms in total. The molecule has 0 fully saturated rings. The van der Waals surface area contributed by atoms with Crippen molar-refractivity contribution in [3.8, 4) is 5.75 Å². The van der Waals surface area contributed by atoms with Gasteiger partial charge in [0.2, 0.25) is 5.91 Å². The van der Waals surface area contributed by atoms with Gasteiger partial charge in [-0.2, -0.15) is 0 Å². The van der Waals surface area contributed by atoms with Crippen molar-refractivity contribution in [2.45, 2.75) is 44.1 Å². The normalized spacial score (nSPS) is 12.0. The number of ether oxygens (including phenoxy) is 1. The van der Waals surface area contributed by atoms with Crippen LogP contribution in [0, 0.1) is 6.92 Å². The Morgan fingerprint density at radius 1 is 1.09 bits per heavy atom. The molecular formula is C26H28N4O2S. The van der Waals surface area contributed by atoms with Crippen molar-refractivity contribution in [2.75, 3.05) is 11.9 Å². The number of rotatable bonds is 9. The van der Waals surface area contributed by atoms with Gasteiger partial charge in [-0.05, 0) is 50.1 Å². The Morgan fingerprint density at radius 2 is 1.88 bits per heavy atom. The maximum atomic E-state index is 13.5. The first kappa shape index (κ1) is 22.9. The molecule has 4 aromatic rings. The summed E-state index contributed by atoms with van der Waals surface area (Å²) in [5, 5.41) is 3.84. The van der Waals surface area contributed by atoms with Gasteiger partial charge in [0.25, 0.3) is 0 Å². The molecule has 2 heterocycles. The second-order valence-electron chi connectivity index (χ2n) is 7.73. The minimum atomic E-state index is -0.458. The summed E-state index contributed by atoms with van der Waals surface area (Å²) in [4.78, 5) is 22.8. The largest absolute Gasteiger partial charge is 0.492 e. The number of anilines is 1. The number of benzene rings is 2. The molecule has 0 bridgehead atoms. The zero-order valence-corrected chi connectivity index (χ0v) is 19.9. The van der Waals surface area contributed by atoms with Gasteiger partial charge >= 0.3 is 0 Å². The van der Waals surface area contributed by atoms with Crippen LogP contribution in [0.5, 0.6) is 5.75 Å². The van der Waals surface area contributed by atoms with Gasteiger partial charge in [-0.1, -0.05) is 60.6 Å². The molecule has 2 aromatic carbocycles. The molecule has 0 aliphatic rings. The van der Waals surface area contributed by atoms with Crippen LogP contribution in [0.4, 0.5) is 5.69 Å². The van der Waals surface area contributed by atoms with E-state index in [4.69, 9.17) is 9.72 Å². The van der Waals surface area contributed by atoms with Crippen LogP contribution < -0.4 is 10.1 Å². The minimum absolute atomic E-state index is 0.119. The number of nitrogens with one attached hydrogen (secondary N) is 1. The zero-order chi connectivity index (χ0) is 23.2. The van der Waals surface area contributed by atoms with Crippen LogP contribution >= 0.6 is 11.8 Å². The molecule has 2 aromatic heterocycles. The molecule has 0 saturated heterocycles. The molecule has 0 spiro atoms. The second kappa shape index (κ2) is 10.5. The first-order valence-corrected chi connectivity index (χ1v) is 12.1. The quantitative estimate of drug-likeness (QED) is 0.309. The number of hydrogen-bond acceptors (Lipinski definition) is 5. The topological polar surface area (TPSA) is 69.0 Å². The van der Waals surface area contributed by atoms with Crippen molar-refractivity contribution in [2.24, 2.45) is 0 Å². The molecule has 0 aliphatic carbocycles. The number of hydrogen-bond donors (Lipinski definition) is 1. The average Bonchev–Trinajstić information content (AvgIpc) is 3.19. The molecule has 1 atom stereocenters. The summed E-state index contributed by atoms with van der Waals surface area (Å²) < 4.78 is 7.65. The lowest BCUT2D eigenvalue weighted by atomic mass is 10.2. The third kappa shape index (κ3) is 5.20. The summed E-state index contributed by atoms with van der Waals surface area (Å²) in [5.41, 5.74) is 4.60. The van der Waals surface area contributed by atoms with Gasteiger partial charge < -0.3 is 10.1 Å². The molecule has 1 N–H and O–H groups in total. The number of aryl methyl sites for hydroxylation is 1. The zero-order valence-electron chi connectivity index (χ0n) is 19.1. The smallest absolute Gasteiger partial charge is 0.247 e. The minimum Gasteiger partial charge on any atom is -0.492 e. The molecule has 0 saturated carbocycles.